The van der Waals surface area contributed by atoms with E-state index in [4.69, 9.17) is 4.74 Å². The van der Waals surface area contributed by atoms with Gasteiger partial charge in [-0.1, -0.05) is 48.9 Å². The third-order valence-corrected chi connectivity index (χ3v) is 4.60. The molecule has 0 spiro atoms. The number of carbonyl (C=O) groups is 4. The molecule has 28 heavy (non-hydrogen) atoms. The maximum absolute atomic E-state index is 12.2. The Bertz CT molecular complexity index is 856. The number of rotatable bonds is 9. The fourth-order valence-electron chi connectivity index (χ4n) is 3.08. The number of imide groups is 1. The Morgan fingerprint density at radius 1 is 0.786 bits per heavy atom. The number of hydrogen-bond donors (Lipinski definition) is 0. The van der Waals surface area contributed by atoms with Gasteiger partial charge in [0.2, 0.25) is 0 Å². The summed E-state index contributed by atoms with van der Waals surface area (Å²) in [6, 6.07) is 15.5. The van der Waals surface area contributed by atoms with Gasteiger partial charge in [0.25, 0.3) is 11.8 Å². The van der Waals surface area contributed by atoms with Crippen molar-refractivity contribution in [1.29, 1.82) is 0 Å². The maximum atomic E-state index is 12.2. The Balaban J connectivity index is 1.33. The third-order valence-electron chi connectivity index (χ3n) is 4.60. The van der Waals surface area contributed by atoms with Crippen molar-refractivity contribution in [3.8, 4) is 0 Å². The molecule has 0 radical (unpaired) electrons. The molecule has 1 aliphatic heterocycles. The van der Waals surface area contributed by atoms with E-state index < -0.39 is 5.97 Å². The van der Waals surface area contributed by atoms with E-state index in [1.165, 1.54) is 4.90 Å². The van der Waals surface area contributed by atoms with Gasteiger partial charge in [-0.15, -0.1) is 0 Å². The number of benzene rings is 2. The zero-order valence-corrected chi connectivity index (χ0v) is 15.4. The molecule has 0 saturated carbocycles. The summed E-state index contributed by atoms with van der Waals surface area (Å²) in [7, 11) is 0. The second-order valence-electron chi connectivity index (χ2n) is 6.57. The molecule has 2 amide bonds. The second kappa shape index (κ2) is 9.08. The number of amides is 2. The lowest BCUT2D eigenvalue weighted by molar-refractivity contribution is -0.142. The van der Waals surface area contributed by atoms with Crippen molar-refractivity contribution in [2.75, 3.05) is 13.2 Å². The zero-order valence-electron chi connectivity index (χ0n) is 15.4. The van der Waals surface area contributed by atoms with Crippen LogP contribution in [0.3, 0.4) is 0 Å². The highest BCUT2D eigenvalue weighted by molar-refractivity contribution is 6.21. The van der Waals surface area contributed by atoms with Crippen molar-refractivity contribution in [3.63, 3.8) is 0 Å². The number of nitrogens with zero attached hydrogens (tertiary/aromatic N) is 1. The van der Waals surface area contributed by atoms with Crippen molar-refractivity contribution in [1.82, 2.24) is 4.90 Å². The highest BCUT2D eigenvalue weighted by atomic mass is 16.5. The third kappa shape index (κ3) is 4.52. The van der Waals surface area contributed by atoms with Gasteiger partial charge < -0.3 is 4.74 Å². The number of fused-ring (bicyclic) bond motifs is 1. The first-order valence-electron chi connectivity index (χ1n) is 9.27. The minimum Gasteiger partial charge on any atom is -0.457 e. The number of ketones is 1. The summed E-state index contributed by atoms with van der Waals surface area (Å²) < 4.78 is 5.01. The quantitative estimate of drug-likeness (QED) is 0.289. The summed E-state index contributed by atoms with van der Waals surface area (Å²) in [6.07, 6.45) is 2.06. The molecular weight excluding hydrogens is 358 g/mol. The molecule has 0 N–H and O–H groups in total. The van der Waals surface area contributed by atoms with Crippen LogP contribution in [0.15, 0.2) is 54.6 Å². The number of carbonyl (C=O) groups excluding carboxylic acids is 4. The van der Waals surface area contributed by atoms with E-state index in [1.54, 1.807) is 48.5 Å². The average Bonchev–Trinajstić information content (AvgIpc) is 2.97. The van der Waals surface area contributed by atoms with Gasteiger partial charge in [0.15, 0.2) is 12.4 Å². The van der Waals surface area contributed by atoms with Gasteiger partial charge in [-0.3, -0.25) is 24.1 Å². The molecule has 1 heterocycles. The van der Waals surface area contributed by atoms with Crippen LogP contribution in [-0.4, -0.2) is 41.6 Å². The zero-order chi connectivity index (χ0) is 19.9. The van der Waals surface area contributed by atoms with Crippen LogP contribution in [0.5, 0.6) is 0 Å². The first-order valence-corrected chi connectivity index (χ1v) is 9.27. The first-order chi connectivity index (χ1) is 13.6. The fraction of sp³-hybridized carbons (Fsp3) is 0.273. The summed E-state index contributed by atoms with van der Waals surface area (Å²) in [6.45, 7) is 0.0613. The molecule has 6 nitrogen and oxygen atoms in total. The predicted octanol–water partition coefficient (Wildman–Crippen LogP) is 3.27. The number of Topliss-reactive ketones (excluding diaryl/α,β-unsaturated/α-hetero) is 1. The van der Waals surface area contributed by atoms with Crippen LogP contribution in [0.2, 0.25) is 0 Å². The molecule has 2 aromatic rings. The average molecular weight is 379 g/mol. The van der Waals surface area contributed by atoms with Crippen molar-refractivity contribution in [2.24, 2.45) is 0 Å². The summed E-state index contributed by atoms with van der Waals surface area (Å²) >= 11 is 0. The monoisotopic (exact) mass is 379 g/mol. The first kappa shape index (κ1) is 19.5. The second-order valence-corrected chi connectivity index (χ2v) is 6.57. The van der Waals surface area contributed by atoms with Crippen LogP contribution in [0.1, 0.15) is 56.8 Å². The van der Waals surface area contributed by atoms with Crippen molar-refractivity contribution < 1.29 is 23.9 Å². The van der Waals surface area contributed by atoms with Gasteiger partial charge in [0, 0.05) is 18.5 Å². The molecule has 6 heteroatoms. The Morgan fingerprint density at radius 3 is 2.04 bits per heavy atom. The molecule has 0 fully saturated rings. The molecule has 0 atom stereocenters. The molecule has 0 saturated heterocycles. The van der Waals surface area contributed by atoms with Gasteiger partial charge in [0.05, 0.1) is 11.1 Å². The van der Waals surface area contributed by atoms with E-state index in [0.29, 0.717) is 42.5 Å². The van der Waals surface area contributed by atoms with Crippen LogP contribution < -0.4 is 0 Å². The fourth-order valence-corrected chi connectivity index (χ4v) is 3.08. The van der Waals surface area contributed by atoms with Crippen molar-refractivity contribution in [3.05, 3.63) is 71.3 Å². The molecule has 3 rings (SSSR count). The van der Waals surface area contributed by atoms with Gasteiger partial charge in [-0.2, -0.15) is 0 Å². The number of unbranched alkanes of at least 4 members (excludes halogenated alkanes) is 2. The molecule has 0 aromatic heterocycles. The van der Waals surface area contributed by atoms with Crippen LogP contribution in [-0.2, 0) is 9.53 Å². The van der Waals surface area contributed by atoms with Gasteiger partial charge in [-0.25, -0.2) is 0 Å². The molecular formula is C22H21NO5. The van der Waals surface area contributed by atoms with Crippen molar-refractivity contribution in [2.45, 2.75) is 25.7 Å². The standard InChI is InChI=1S/C22H21NO5/c24-19(16-9-3-1-4-10-16)15-28-20(25)13-5-2-8-14-23-21(26)17-11-6-7-12-18(17)22(23)27/h1,3-4,6-7,9-12H,2,5,8,13-15H2. The Labute approximate surface area is 163 Å². The van der Waals surface area contributed by atoms with Gasteiger partial charge in [0.1, 0.15) is 0 Å². The van der Waals surface area contributed by atoms with Crippen molar-refractivity contribution >= 4 is 23.6 Å². The Hall–Kier alpha value is -3.28. The van der Waals surface area contributed by atoms with E-state index >= 15 is 0 Å². The van der Waals surface area contributed by atoms with E-state index in [9.17, 15) is 19.2 Å². The summed E-state index contributed by atoms with van der Waals surface area (Å²) in [5.74, 6) is -1.19. The van der Waals surface area contributed by atoms with Gasteiger partial charge >= 0.3 is 5.97 Å². The summed E-state index contributed by atoms with van der Waals surface area (Å²) in [5, 5.41) is 0. The number of esters is 1. The van der Waals surface area contributed by atoms with E-state index in [1.807, 2.05) is 6.07 Å². The Morgan fingerprint density at radius 2 is 1.39 bits per heavy atom. The van der Waals surface area contributed by atoms with Crippen LogP contribution in [0.4, 0.5) is 0 Å². The van der Waals surface area contributed by atoms with E-state index in [-0.39, 0.29) is 30.6 Å². The lowest BCUT2D eigenvalue weighted by atomic mass is 10.1. The van der Waals surface area contributed by atoms with Crippen LogP contribution >= 0.6 is 0 Å². The molecule has 144 valence electrons. The molecule has 0 aliphatic carbocycles. The van der Waals surface area contributed by atoms with Crippen LogP contribution in [0, 0.1) is 0 Å². The lowest BCUT2D eigenvalue weighted by Gasteiger charge is -2.13. The summed E-state index contributed by atoms with van der Waals surface area (Å²) in [5.41, 5.74) is 1.40. The normalized spacial score (nSPS) is 12.8. The SMILES string of the molecule is O=C(CCCCCN1C(=O)c2ccccc2C1=O)OCC(=O)c1ccccc1. The smallest absolute Gasteiger partial charge is 0.306 e. The lowest BCUT2D eigenvalue weighted by Crippen LogP contribution is -2.30. The van der Waals surface area contributed by atoms with E-state index in [0.717, 1.165) is 0 Å². The highest BCUT2D eigenvalue weighted by Crippen LogP contribution is 2.22. The number of ether oxygens (including phenoxy) is 1. The maximum Gasteiger partial charge on any atom is 0.306 e. The topological polar surface area (TPSA) is 80.8 Å². The minimum atomic E-state index is -0.426. The molecule has 0 unspecified atom stereocenters. The van der Waals surface area contributed by atoms with Crippen LogP contribution in [0.25, 0.3) is 0 Å². The predicted molar refractivity (Wildman–Crippen MR) is 102 cm³/mol. The van der Waals surface area contributed by atoms with Gasteiger partial charge in [-0.05, 0) is 25.0 Å². The van der Waals surface area contributed by atoms with E-state index in [2.05, 4.69) is 0 Å². The summed E-state index contributed by atoms with van der Waals surface area (Å²) in [4.78, 5) is 49.4. The molecule has 0 bridgehead atoms. The Kier molecular flexibility index (Phi) is 6.32. The molecule has 2 aromatic carbocycles. The number of hydrogen-bond acceptors (Lipinski definition) is 5. The molecule has 1 aliphatic rings. The largest absolute Gasteiger partial charge is 0.457 e. The highest BCUT2D eigenvalue weighted by Gasteiger charge is 2.34. The minimum absolute atomic E-state index is 0.199.